The van der Waals surface area contributed by atoms with Gasteiger partial charge in [0.1, 0.15) is 6.54 Å². The van der Waals surface area contributed by atoms with E-state index in [4.69, 9.17) is 0 Å². The Morgan fingerprint density at radius 2 is 1.81 bits per heavy atom. The number of rotatable bonds is 8. The number of carbonyl (C=O) groups excluding carboxylic acids is 2. The van der Waals surface area contributed by atoms with Gasteiger partial charge in [-0.15, -0.1) is 5.10 Å². The second-order valence-corrected chi connectivity index (χ2v) is 9.16. The molecule has 0 saturated heterocycles. The van der Waals surface area contributed by atoms with Crippen molar-refractivity contribution >= 4 is 34.2 Å². The van der Waals surface area contributed by atoms with Crippen molar-refractivity contribution in [2.24, 2.45) is 5.92 Å². The molecule has 0 unspecified atom stereocenters. The average Bonchev–Trinajstić information content (AvgIpc) is 3.20. The van der Waals surface area contributed by atoms with Crippen molar-refractivity contribution in [1.82, 2.24) is 24.1 Å². The number of aryl methyl sites for hydroxylation is 1. The fraction of sp³-hybridized carbons (Fsp3) is 0.346. The maximum Gasteiger partial charge on any atom is 0.352 e. The van der Waals surface area contributed by atoms with Crippen molar-refractivity contribution in [3.05, 3.63) is 74.9 Å². The van der Waals surface area contributed by atoms with Gasteiger partial charge in [-0.1, -0.05) is 39.0 Å². The highest BCUT2D eigenvalue weighted by molar-refractivity contribution is 5.98. The summed E-state index contributed by atoms with van der Waals surface area (Å²) in [5.74, 6) is -0.227. The minimum Gasteiger partial charge on any atom is -0.352 e. The van der Waals surface area contributed by atoms with Crippen molar-refractivity contribution < 1.29 is 9.59 Å². The number of carbonyl (C=O) groups is 2. The van der Waals surface area contributed by atoms with Gasteiger partial charge < -0.3 is 10.2 Å². The molecule has 10 nitrogen and oxygen atoms in total. The Balaban J connectivity index is 1.84. The Morgan fingerprint density at radius 1 is 1.08 bits per heavy atom. The number of para-hydroxylation sites is 1. The molecule has 0 aliphatic carbocycles. The van der Waals surface area contributed by atoms with Crippen LogP contribution in [-0.4, -0.2) is 44.2 Å². The van der Waals surface area contributed by atoms with E-state index < -0.39 is 5.69 Å². The SMILES string of the molecule is CCCn1c(=O)c2ccc(C(=O)NCC(C)C)cc2n2c(=O)n(CC(=O)N(C)c3ccccc3)nc12. The summed E-state index contributed by atoms with van der Waals surface area (Å²) in [6.07, 6.45) is 0.646. The minimum absolute atomic E-state index is 0.134. The quantitative estimate of drug-likeness (QED) is 0.407. The molecular formula is C26H30N6O4. The first-order chi connectivity index (χ1) is 17.2. The van der Waals surface area contributed by atoms with E-state index in [-0.39, 0.29) is 41.1 Å². The van der Waals surface area contributed by atoms with Crippen LogP contribution in [0.1, 0.15) is 37.6 Å². The summed E-state index contributed by atoms with van der Waals surface area (Å²) in [6.45, 7) is 6.45. The zero-order valence-electron chi connectivity index (χ0n) is 20.9. The highest BCUT2D eigenvalue weighted by atomic mass is 16.2. The summed E-state index contributed by atoms with van der Waals surface area (Å²) in [4.78, 5) is 53.8. The Kier molecular flexibility index (Phi) is 7.05. The van der Waals surface area contributed by atoms with Gasteiger partial charge in [0.15, 0.2) is 0 Å². The van der Waals surface area contributed by atoms with Crippen LogP contribution < -0.4 is 21.5 Å². The molecule has 2 aromatic carbocycles. The topological polar surface area (TPSA) is 111 Å². The molecule has 2 amide bonds. The van der Waals surface area contributed by atoms with Crippen LogP contribution in [0.3, 0.4) is 0 Å². The Morgan fingerprint density at radius 3 is 2.47 bits per heavy atom. The molecule has 2 aromatic heterocycles. The van der Waals surface area contributed by atoms with E-state index in [2.05, 4.69) is 10.4 Å². The van der Waals surface area contributed by atoms with Gasteiger partial charge >= 0.3 is 5.69 Å². The second-order valence-electron chi connectivity index (χ2n) is 9.16. The number of likely N-dealkylation sites (N-methyl/N-ethyl adjacent to an activating group) is 1. The van der Waals surface area contributed by atoms with Crippen molar-refractivity contribution in [2.45, 2.75) is 40.3 Å². The molecule has 0 aliphatic rings. The van der Waals surface area contributed by atoms with Crippen LogP contribution in [0.4, 0.5) is 5.69 Å². The monoisotopic (exact) mass is 490 g/mol. The number of anilines is 1. The van der Waals surface area contributed by atoms with Crippen LogP contribution in [-0.2, 0) is 17.9 Å². The standard InChI is InChI=1S/C26H30N6O4/c1-5-13-30-24(35)20-12-11-18(23(34)27-15-17(2)3)14-21(20)32-25(30)28-31(26(32)36)16-22(33)29(4)19-9-7-6-8-10-19/h6-12,14,17H,5,13,15-16H2,1-4H3,(H,27,34). The number of nitrogens with one attached hydrogen (secondary N) is 1. The largest absolute Gasteiger partial charge is 0.352 e. The molecular weight excluding hydrogens is 460 g/mol. The smallest absolute Gasteiger partial charge is 0.352 e. The van der Waals surface area contributed by atoms with Crippen LogP contribution in [0.2, 0.25) is 0 Å². The van der Waals surface area contributed by atoms with E-state index in [1.165, 1.54) is 19.9 Å². The maximum atomic E-state index is 13.5. The predicted octanol–water partition coefficient (Wildman–Crippen LogP) is 2.27. The average molecular weight is 491 g/mol. The van der Waals surface area contributed by atoms with Gasteiger partial charge in [-0.05, 0) is 42.7 Å². The first-order valence-electron chi connectivity index (χ1n) is 12.0. The molecule has 0 radical (unpaired) electrons. The summed E-state index contributed by atoms with van der Waals surface area (Å²) in [5, 5.41) is 7.52. The molecule has 1 N–H and O–H groups in total. The van der Waals surface area contributed by atoms with E-state index in [1.54, 1.807) is 31.3 Å². The zero-order chi connectivity index (χ0) is 26.0. The van der Waals surface area contributed by atoms with E-state index in [0.29, 0.717) is 36.1 Å². The number of aromatic nitrogens is 4. The highest BCUT2D eigenvalue weighted by Gasteiger charge is 2.21. The van der Waals surface area contributed by atoms with Gasteiger partial charge in [-0.2, -0.15) is 0 Å². The normalized spacial score (nSPS) is 11.4. The fourth-order valence-corrected chi connectivity index (χ4v) is 4.01. The Hall–Kier alpha value is -4.21. The molecule has 4 rings (SSSR count). The van der Waals surface area contributed by atoms with Crippen molar-refractivity contribution in [1.29, 1.82) is 0 Å². The molecule has 36 heavy (non-hydrogen) atoms. The summed E-state index contributed by atoms with van der Waals surface area (Å²) < 4.78 is 3.80. The van der Waals surface area contributed by atoms with Gasteiger partial charge in [-0.25, -0.2) is 13.9 Å². The molecule has 0 fully saturated rings. The van der Waals surface area contributed by atoms with E-state index in [9.17, 15) is 19.2 Å². The first-order valence-corrected chi connectivity index (χ1v) is 12.0. The van der Waals surface area contributed by atoms with Crippen molar-refractivity contribution in [3.63, 3.8) is 0 Å². The number of amides is 2. The van der Waals surface area contributed by atoms with Gasteiger partial charge in [0.25, 0.3) is 11.5 Å². The minimum atomic E-state index is -0.561. The van der Waals surface area contributed by atoms with Crippen molar-refractivity contribution in [2.75, 3.05) is 18.5 Å². The van der Waals surface area contributed by atoms with Crippen LogP contribution >= 0.6 is 0 Å². The lowest BCUT2D eigenvalue weighted by Crippen LogP contribution is -2.34. The number of nitrogens with zero attached hydrogens (tertiary/aromatic N) is 5. The summed E-state index contributed by atoms with van der Waals surface area (Å²) >= 11 is 0. The van der Waals surface area contributed by atoms with Gasteiger partial charge in [0, 0.05) is 31.4 Å². The third kappa shape index (κ3) is 4.66. The van der Waals surface area contributed by atoms with Crippen molar-refractivity contribution in [3.8, 4) is 0 Å². The molecule has 0 bridgehead atoms. The molecule has 0 spiro atoms. The Bertz CT molecular complexity index is 1550. The van der Waals surface area contributed by atoms with Gasteiger partial charge in [-0.3, -0.25) is 19.0 Å². The fourth-order valence-electron chi connectivity index (χ4n) is 4.01. The second kappa shape index (κ2) is 10.2. The summed E-state index contributed by atoms with van der Waals surface area (Å²) in [5.41, 5.74) is 0.425. The number of hydrogen-bond donors (Lipinski definition) is 1. The molecule has 4 aromatic rings. The van der Waals surface area contributed by atoms with Crippen LogP contribution in [0.15, 0.2) is 58.1 Å². The number of benzene rings is 2. The lowest BCUT2D eigenvalue weighted by Gasteiger charge is -2.16. The van der Waals surface area contributed by atoms with Gasteiger partial charge in [0.05, 0.1) is 10.9 Å². The maximum absolute atomic E-state index is 13.5. The van der Waals surface area contributed by atoms with Crippen LogP contribution in [0, 0.1) is 5.92 Å². The van der Waals surface area contributed by atoms with E-state index in [1.807, 2.05) is 39.0 Å². The lowest BCUT2D eigenvalue weighted by atomic mass is 10.1. The molecule has 10 heteroatoms. The Labute approximate surface area is 207 Å². The van der Waals surface area contributed by atoms with Crippen LogP contribution in [0.25, 0.3) is 16.7 Å². The number of hydrogen-bond acceptors (Lipinski definition) is 5. The third-order valence-electron chi connectivity index (χ3n) is 5.96. The zero-order valence-corrected chi connectivity index (χ0v) is 20.9. The lowest BCUT2D eigenvalue weighted by molar-refractivity contribution is -0.119. The predicted molar refractivity (Wildman–Crippen MR) is 139 cm³/mol. The number of fused-ring (bicyclic) bond motifs is 3. The summed E-state index contributed by atoms with van der Waals surface area (Å²) in [6, 6.07) is 13.7. The molecule has 2 heterocycles. The van der Waals surface area contributed by atoms with E-state index in [0.717, 1.165) is 4.68 Å². The summed E-state index contributed by atoms with van der Waals surface area (Å²) in [7, 11) is 1.63. The molecule has 0 atom stereocenters. The first kappa shape index (κ1) is 24.9. The molecule has 188 valence electrons. The van der Waals surface area contributed by atoms with E-state index >= 15 is 0 Å². The third-order valence-corrected chi connectivity index (χ3v) is 5.96. The highest BCUT2D eigenvalue weighted by Crippen LogP contribution is 2.15. The van der Waals surface area contributed by atoms with Gasteiger partial charge in [0.2, 0.25) is 11.7 Å². The molecule has 0 aliphatic heterocycles. The molecule has 0 saturated carbocycles. The van der Waals surface area contributed by atoms with Crippen LogP contribution in [0.5, 0.6) is 0 Å².